The molecule has 0 aliphatic carbocycles. The Morgan fingerprint density at radius 1 is 0.957 bits per heavy atom. The summed E-state index contributed by atoms with van der Waals surface area (Å²) in [6, 6.07) is 17.7. The molecule has 0 saturated carbocycles. The standard InChI is InChI=1S/C18H19N3OS/c1-12(18-3-2-10-21-18)22-13-4-6-14(7-5-13)23-15-8-9-16(19)17(20)11-15/h2-12,21H,19-20H2,1H3. The van der Waals surface area contributed by atoms with Gasteiger partial charge < -0.3 is 21.2 Å². The molecule has 1 aromatic heterocycles. The van der Waals surface area contributed by atoms with Crippen LogP contribution in [-0.4, -0.2) is 4.98 Å². The summed E-state index contributed by atoms with van der Waals surface area (Å²) in [7, 11) is 0. The molecule has 0 spiro atoms. The zero-order chi connectivity index (χ0) is 16.2. The SMILES string of the molecule is CC(Oc1ccc(Sc2ccc(N)c(N)c2)cc1)c1ccc[nH]1. The van der Waals surface area contributed by atoms with Crippen molar-refractivity contribution in [2.75, 3.05) is 11.5 Å². The molecule has 0 radical (unpaired) electrons. The van der Waals surface area contributed by atoms with Gasteiger partial charge in [0.15, 0.2) is 0 Å². The monoisotopic (exact) mass is 325 g/mol. The lowest BCUT2D eigenvalue weighted by atomic mass is 10.3. The predicted octanol–water partition coefficient (Wildman–Crippen LogP) is 4.47. The summed E-state index contributed by atoms with van der Waals surface area (Å²) in [4.78, 5) is 5.34. The summed E-state index contributed by atoms with van der Waals surface area (Å²) < 4.78 is 5.92. The highest BCUT2D eigenvalue weighted by atomic mass is 32.2. The number of benzene rings is 2. The molecule has 1 atom stereocenters. The van der Waals surface area contributed by atoms with E-state index in [1.807, 2.05) is 67.7 Å². The van der Waals surface area contributed by atoms with Crippen molar-refractivity contribution in [1.82, 2.24) is 4.98 Å². The third-order valence-corrected chi connectivity index (χ3v) is 4.49. The summed E-state index contributed by atoms with van der Waals surface area (Å²) in [6.07, 6.45) is 1.88. The maximum Gasteiger partial charge on any atom is 0.136 e. The number of anilines is 2. The van der Waals surface area contributed by atoms with Gasteiger partial charge in [0.05, 0.1) is 17.1 Å². The summed E-state index contributed by atoms with van der Waals surface area (Å²) in [5.41, 5.74) is 13.8. The van der Waals surface area contributed by atoms with E-state index in [-0.39, 0.29) is 6.10 Å². The van der Waals surface area contributed by atoms with Gasteiger partial charge in [0.25, 0.3) is 0 Å². The Labute approximate surface area is 139 Å². The van der Waals surface area contributed by atoms with E-state index in [1.54, 1.807) is 11.8 Å². The minimum Gasteiger partial charge on any atom is -0.485 e. The highest BCUT2D eigenvalue weighted by Gasteiger charge is 2.08. The van der Waals surface area contributed by atoms with Crippen LogP contribution in [0.3, 0.4) is 0 Å². The average molecular weight is 325 g/mol. The topological polar surface area (TPSA) is 77.1 Å². The number of hydrogen-bond donors (Lipinski definition) is 3. The van der Waals surface area contributed by atoms with Gasteiger partial charge in [-0.25, -0.2) is 0 Å². The Balaban J connectivity index is 1.66. The van der Waals surface area contributed by atoms with E-state index < -0.39 is 0 Å². The van der Waals surface area contributed by atoms with Crippen molar-refractivity contribution in [2.24, 2.45) is 0 Å². The molecule has 23 heavy (non-hydrogen) atoms. The molecule has 0 bridgehead atoms. The first-order chi connectivity index (χ1) is 11.1. The molecule has 4 nitrogen and oxygen atoms in total. The lowest BCUT2D eigenvalue weighted by molar-refractivity contribution is 0.222. The van der Waals surface area contributed by atoms with Crippen molar-refractivity contribution < 1.29 is 4.74 Å². The second-order valence-corrected chi connectivity index (χ2v) is 6.40. The smallest absolute Gasteiger partial charge is 0.136 e. The number of rotatable bonds is 5. The molecule has 0 aliphatic rings. The maximum atomic E-state index is 5.92. The van der Waals surface area contributed by atoms with Crippen LogP contribution in [-0.2, 0) is 0 Å². The van der Waals surface area contributed by atoms with Gasteiger partial charge >= 0.3 is 0 Å². The van der Waals surface area contributed by atoms with Gasteiger partial charge in [-0.3, -0.25) is 0 Å². The minimum atomic E-state index is -0.0135. The van der Waals surface area contributed by atoms with E-state index in [0.29, 0.717) is 11.4 Å². The van der Waals surface area contributed by atoms with E-state index in [9.17, 15) is 0 Å². The number of nitrogen functional groups attached to an aromatic ring is 2. The molecular formula is C18H19N3OS. The van der Waals surface area contributed by atoms with Crippen LogP contribution in [0.5, 0.6) is 5.75 Å². The number of nitrogens with one attached hydrogen (secondary N) is 1. The Kier molecular flexibility index (Phi) is 4.48. The number of H-pyrrole nitrogens is 1. The fourth-order valence-corrected chi connectivity index (χ4v) is 3.07. The fourth-order valence-electron chi connectivity index (χ4n) is 2.20. The van der Waals surface area contributed by atoms with E-state index in [4.69, 9.17) is 16.2 Å². The van der Waals surface area contributed by atoms with Gasteiger partial charge in [0, 0.05) is 16.0 Å². The molecule has 1 heterocycles. The molecule has 0 saturated heterocycles. The van der Waals surface area contributed by atoms with Gasteiger partial charge in [-0.2, -0.15) is 0 Å². The van der Waals surface area contributed by atoms with E-state index in [2.05, 4.69) is 4.98 Å². The van der Waals surface area contributed by atoms with Crippen molar-refractivity contribution in [1.29, 1.82) is 0 Å². The van der Waals surface area contributed by atoms with Crippen LogP contribution in [0.15, 0.2) is 70.6 Å². The zero-order valence-corrected chi connectivity index (χ0v) is 13.6. The second kappa shape index (κ2) is 6.71. The molecule has 5 heteroatoms. The molecule has 0 amide bonds. The Morgan fingerprint density at radius 3 is 2.35 bits per heavy atom. The lowest BCUT2D eigenvalue weighted by Gasteiger charge is -2.13. The van der Waals surface area contributed by atoms with E-state index >= 15 is 0 Å². The summed E-state index contributed by atoms with van der Waals surface area (Å²) in [5.74, 6) is 0.841. The molecule has 2 aromatic carbocycles. The highest BCUT2D eigenvalue weighted by Crippen LogP contribution is 2.32. The second-order valence-electron chi connectivity index (χ2n) is 5.25. The number of hydrogen-bond acceptors (Lipinski definition) is 4. The van der Waals surface area contributed by atoms with Crippen molar-refractivity contribution in [3.63, 3.8) is 0 Å². The number of aromatic amines is 1. The summed E-state index contributed by atoms with van der Waals surface area (Å²) in [6.45, 7) is 2.02. The lowest BCUT2D eigenvalue weighted by Crippen LogP contribution is -2.03. The van der Waals surface area contributed by atoms with Gasteiger partial charge in [-0.05, 0) is 61.5 Å². The molecule has 0 aliphatic heterocycles. The fraction of sp³-hybridized carbons (Fsp3) is 0.111. The van der Waals surface area contributed by atoms with Gasteiger partial charge in [0.1, 0.15) is 11.9 Å². The largest absolute Gasteiger partial charge is 0.485 e. The summed E-state index contributed by atoms with van der Waals surface area (Å²) >= 11 is 1.64. The summed E-state index contributed by atoms with van der Waals surface area (Å²) in [5, 5.41) is 0. The van der Waals surface area contributed by atoms with Crippen LogP contribution in [0, 0.1) is 0 Å². The first kappa shape index (κ1) is 15.4. The average Bonchev–Trinajstić information content (AvgIpc) is 3.07. The Bertz CT molecular complexity index is 769. The van der Waals surface area contributed by atoms with Gasteiger partial charge in [0.2, 0.25) is 0 Å². The van der Waals surface area contributed by atoms with Crippen molar-refractivity contribution in [2.45, 2.75) is 22.8 Å². The van der Waals surface area contributed by atoms with E-state index in [1.165, 1.54) is 0 Å². The molecule has 3 rings (SSSR count). The minimum absolute atomic E-state index is 0.0135. The number of ether oxygens (including phenoxy) is 1. The van der Waals surface area contributed by atoms with Crippen molar-refractivity contribution in [3.8, 4) is 5.75 Å². The third kappa shape index (κ3) is 3.81. The van der Waals surface area contributed by atoms with Gasteiger partial charge in [-0.15, -0.1) is 0 Å². The van der Waals surface area contributed by atoms with Crippen molar-refractivity contribution >= 4 is 23.1 Å². The molecular weight excluding hydrogens is 306 g/mol. The van der Waals surface area contributed by atoms with Crippen molar-refractivity contribution in [3.05, 3.63) is 66.5 Å². The van der Waals surface area contributed by atoms with Crippen LogP contribution in [0.25, 0.3) is 0 Å². The normalized spacial score (nSPS) is 12.0. The van der Waals surface area contributed by atoms with Gasteiger partial charge in [-0.1, -0.05) is 11.8 Å². The molecule has 118 valence electrons. The Hall–Kier alpha value is -2.53. The first-order valence-corrected chi connectivity index (χ1v) is 8.16. The predicted molar refractivity (Wildman–Crippen MR) is 95.7 cm³/mol. The first-order valence-electron chi connectivity index (χ1n) is 7.34. The maximum absolute atomic E-state index is 5.92. The van der Waals surface area contributed by atoms with Crippen LogP contribution >= 0.6 is 11.8 Å². The number of nitrogens with two attached hydrogens (primary N) is 2. The number of aromatic nitrogens is 1. The quantitative estimate of drug-likeness (QED) is 0.605. The van der Waals surface area contributed by atoms with Crippen LogP contribution < -0.4 is 16.2 Å². The third-order valence-electron chi connectivity index (χ3n) is 3.49. The molecule has 3 aromatic rings. The highest BCUT2D eigenvalue weighted by molar-refractivity contribution is 7.99. The Morgan fingerprint density at radius 2 is 1.70 bits per heavy atom. The zero-order valence-electron chi connectivity index (χ0n) is 12.8. The van der Waals surface area contributed by atoms with Crippen LogP contribution in [0.4, 0.5) is 11.4 Å². The van der Waals surface area contributed by atoms with E-state index in [0.717, 1.165) is 21.2 Å². The van der Waals surface area contributed by atoms with Crippen LogP contribution in [0.1, 0.15) is 18.7 Å². The van der Waals surface area contributed by atoms with Crippen LogP contribution in [0.2, 0.25) is 0 Å². The molecule has 0 fully saturated rings. The molecule has 5 N–H and O–H groups in total. The molecule has 1 unspecified atom stereocenters.